The third-order valence-electron chi connectivity index (χ3n) is 3.17. The first kappa shape index (κ1) is 16.5. The molecule has 120 valence electrons. The molecule has 0 saturated carbocycles. The number of hydrogen-bond donors (Lipinski definition) is 3. The molecule has 2 heterocycles. The van der Waals surface area contributed by atoms with E-state index in [1.54, 1.807) is 6.07 Å². The summed E-state index contributed by atoms with van der Waals surface area (Å²) in [6.07, 6.45) is 3.35. The summed E-state index contributed by atoms with van der Waals surface area (Å²) in [4.78, 5) is 7.47. The molecule has 0 spiro atoms. The summed E-state index contributed by atoms with van der Waals surface area (Å²) < 4.78 is 27.4. The predicted octanol–water partition coefficient (Wildman–Crippen LogP) is 3.23. The molecule has 0 atom stereocenters. The molecule has 0 saturated heterocycles. The topological polar surface area (TPSA) is 113 Å². The van der Waals surface area contributed by atoms with Crippen LogP contribution in [-0.4, -0.2) is 30.5 Å². The number of halogens is 1. The molecule has 4 N–H and O–H groups in total. The quantitative estimate of drug-likeness (QED) is 0.334. The summed E-state index contributed by atoms with van der Waals surface area (Å²) in [6.45, 7) is 0. The van der Waals surface area contributed by atoms with Gasteiger partial charge in [-0.15, -0.1) is 23.1 Å². The Morgan fingerprint density at radius 2 is 2.17 bits per heavy atom. The minimum Gasteiger partial charge on any atom is -0.383 e. The van der Waals surface area contributed by atoms with Crippen LogP contribution < -0.4 is 5.73 Å². The standard InChI is InChI=1S/C13H11BrN4O2S3/c1-21-10-4-9(12(22-10)13(15)16)23(19,20)6-2-7(14)11-8(3-6)17-5-18-11/h2-5H,1H3,(H3,15,16)(H,17,18). The molecule has 0 aliphatic rings. The van der Waals surface area contributed by atoms with Crippen molar-refractivity contribution in [3.63, 3.8) is 0 Å². The van der Waals surface area contributed by atoms with E-state index in [1.807, 2.05) is 6.26 Å². The maximum Gasteiger partial charge on any atom is 0.208 e. The zero-order chi connectivity index (χ0) is 16.8. The van der Waals surface area contributed by atoms with Crippen LogP contribution in [0.25, 0.3) is 11.0 Å². The Morgan fingerprint density at radius 1 is 1.43 bits per heavy atom. The number of sulfone groups is 1. The molecule has 3 rings (SSSR count). The van der Waals surface area contributed by atoms with Crippen LogP contribution in [0.1, 0.15) is 4.88 Å². The van der Waals surface area contributed by atoms with Crippen molar-refractivity contribution in [1.29, 1.82) is 5.41 Å². The number of benzene rings is 1. The lowest BCUT2D eigenvalue weighted by atomic mass is 10.3. The Balaban J connectivity index is 2.25. The minimum absolute atomic E-state index is 0.0603. The highest BCUT2D eigenvalue weighted by molar-refractivity contribution is 9.10. The van der Waals surface area contributed by atoms with Gasteiger partial charge >= 0.3 is 0 Å². The van der Waals surface area contributed by atoms with Crippen molar-refractivity contribution in [2.24, 2.45) is 5.73 Å². The van der Waals surface area contributed by atoms with Gasteiger partial charge < -0.3 is 10.7 Å². The van der Waals surface area contributed by atoms with Gasteiger partial charge in [0.25, 0.3) is 0 Å². The minimum atomic E-state index is -3.80. The monoisotopic (exact) mass is 430 g/mol. The molecule has 0 radical (unpaired) electrons. The summed E-state index contributed by atoms with van der Waals surface area (Å²) in [5.74, 6) is -0.254. The number of H-pyrrole nitrogens is 1. The number of hydrogen-bond acceptors (Lipinski definition) is 6. The first-order valence-electron chi connectivity index (χ1n) is 6.24. The number of nitrogens with one attached hydrogen (secondary N) is 2. The molecule has 1 aromatic carbocycles. The van der Waals surface area contributed by atoms with Gasteiger partial charge in [0.15, 0.2) is 0 Å². The van der Waals surface area contributed by atoms with Crippen molar-refractivity contribution in [3.05, 3.63) is 33.9 Å². The molecular formula is C13H11BrN4O2S3. The zero-order valence-corrected chi connectivity index (χ0v) is 15.8. The number of thiophene rings is 1. The normalized spacial score (nSPS) is 11.9. The van der Waals surface area contributed by atoms with Crippen LogP contribution in [0.15, 0.2) is 43.0 Å². The van der Waals surface area contributed by atoms with E-state index in [0.29, 0.717) is 15.5 Å². The van der Waals surface area contributed by atoms with Crippen molar-refractivity contribution in [1.82, 2.24) is 9.97 Å². The van der Waals surface area contributed by atoms with E-state index in [0.717, 1.165) is 4.21 Å². The maximum atomic E-state index is 13.0. The molecule has 2 aromatic heterocycles. The van der Waals surface area contributed by atoms with Gasteiger partial charge in [-0.25, -0.2) is 13.4 Å². The highest BCUT2D eigenvalue weighted by Crippen LogP contribution is 2.36. The van der Waals surface area contributed by atoms with Gasteiger partial charge in [-0.05, 0) is 40.4 Å². The molecular weight excluding hydrogens is 420 g/mol. The first-order chi connectivity index (χ1) is 10.8. The molecule has 6 nitrogen and oxygen atoms in total. The van der Waals surface area contributed by atoms with Crippen molar-refractivity contribution in [3.8, 4) is 0 Å². The Morgan fingerprint density at radius 3 is 2.83 bits per heavy atom. The highest BCUT2D eigenvalue weighted by Gasteiger charge is 2.26. The SMILES string of the molecule is CSc1cc(S(=O)(=O)c2cc(Br)c3nc[nH]c3c2)c(C(=N)N)s1. The Kier molecular flexibility index (Phi) is 4.25. The fraction of sp³-hybridized carbons (Fsp3) is 0.0769. The van der Waals surface area contributed by atoms with Gasteiger partial charge in [0.05, 0.1) is 30.7 Å². The molecule has 0 unspecified atom stereocenters. The number of imidazole rings is 1. The molecule has 0 fully saturated rings. The third-order valence-corrected chi connectivity index (χ3v) is 7.90. The lowest BCUT2D eigenvalue weighted by molar-refractivity contribution is 0.596. The van der Waals surface area contributed by atoms with Gasteiger partial charge in [0.2, 0.25) is 9.84 Å². The average Bonchev–Trinajstić information content (AvgIpc) is 3.13. The second-order valence-corrected chi connectivity index (χ2v) is 9.51. The molecule has 0 aliphatic heterocycles. The van der Waals surface area contributed by atoms with Crippen LogP contribution in [0, 0.1) is 5.41 Å². The number of nitrogen functional groups attached to an aromatic ring is 1. The Labute approximate surface area is 149 Å². The fourth-order valence-corrected chi connectivity index (χ4v) is 6.32. The zero-order valence-electron chi connectivity index (χ0n) is 11.8. The molecule has 0 bridgehead atoms. The summed E-state index contributed by atoms with van der Waals surface area (Å²) in [7, 11) is -3.80. The van der Waals surface area contributed by atoms with Crippen LogP contribution in [0.4, 0.5) is 0 Å². The van der Waals surface area contributed by atoms with Crippen LogP contribution in [0.2, 0.25) is 0 Å². The van der Waals surface area contributed by atoms with E-state index in [1.165, 1.54) is 41.6 Å². The number of thioether (sulfide) groups is 1. The van der Waals surface area contributed by atoms with E-state index >= 15 is 0 Å². The number of fused-ring (bicyclic) bond motifs is 1. The van der Waals surface area contributed by atoms with Gasteiger partial charge in [-0.1, -0.05) is 0 Å². The van der Waals surface area contributed by atoms with Crippen LogP contribution >= 0.6 is 39.0 Å². The molecule has 23 heavy (non-hydrogen) atoms. The number of nitrogens with zero attached hydrogens (tertiary/aromatic N) is 1. The molecule has 10 heteroatoms. The molecule has 0 amide bonds. The van der Waals surface area contributed by atoms with Crippen molar-refractivity contribution in [2.75, 3.05) is 6.26 Å². The second-order valence-electron chi connectivity index (χ2n) is 4.58. The van der Waals surface area contributed by atoms with Crippen molar-refractivity contribution < 1.29 is 8.42 Å². The number of aromatic amines is 1. The molecule has 0 aliphatic carbocycles. The number of nitrogens with two attached hydrogens (primary N) is 1. The molecule has 3 aromatic rings. The highest BCUT2D eigenvalue weighted by atomic mass is 79.9. The average molecular weight is 431 g/mol. The lowest BCUT2D eigenvalue weighted by Gasteiger charge is -2.06. The first-order valence-corrected chi connectivity index (χ1v) is 10.6. The number of rotatable bonds is 4. The van der Waals surface area contributed by atoms with Crippen LogP contribution in [0.5, 0.6) is 0 Å². The van der Waals surface area contributed by atoms with E-state index in [-0.39, 0.29) is 20.5 Å². The fourth-order valence-electron chi connectivity index (χ4n) is 2.10. The van der Waals surface area contributed by atoms with Crippen LogP contribution in [0.3, 0.4) is 0 Å². The van der Waals surface area contributed by atoms with Gasteiger partial charge in [0, 0.05) is 4.47 Å². The van der Waals surface area contributed by atoms with E-state index < -0.39 is 9.84 Å². The van der Waals surface area contributed by atoms with E-state index in [2.05, 4.69) is 25.9 Å². The third kappa shape index (κ3) is 2.80. The Hall–Kier alpha value is -1.36. The summed E-state index contributed by atoms with van der Waals surface area (Å²) in [5.41, 5.74) is 6.83. The van der Waals surface area contributed by atoms with Crippen molar-refractivity contribution in [2.45, 2.75) is 14.0 Å². The summed E-state index contributed by atoms with van der Waals surface area (Å²) in [5, 5.41) is 7.64. The lowest BCUT2D eigenvalue weighted by Crippen LogP contribution is -2.14. The predicted molar refractivity (Wildman–Crippen MR) is 96.4 cm³/mol. The van der Waals surface area contributed by atoms with Gasteiger partial charge in [-0.2, -0.15) is 0 Å². The van der Waals surface area contributed by atoms with Gasteiger partial charge in [-0.3, -0.25) is 5.41 Å². The maximum absolute atomic E-state index is 13.0. The number of amidine groups is 1. The smallest absolute Gasteiger partial charge is 0.208 e. The van der Waals surface area contributed by atoms with E-state index in [4.69, 9.17) is 11.1 Å². The van der Waals surface area contributed by atoms with Crippen molar-refractivity contribution >= 4 is 65.7 Å². The second kappa shape index (κ2) is 5.93. The number of aromatic nitrogens is 2. The van der Waals surface area contributed by atoms with Crippen LogP contribution in [-0.2, 0) is 9.84 Å². The summed E-state index contributed by atoms with van der Waals surface area (Å²) >= 11 is 5.96. The summed E-state index contributed by atoms with van der Waals surface area (Å²) in [6, 6.07) is 4.61. The Bertz CT molecular complexity index is 1020. The largest absolute Gasteiger partial charge is 0.383 e. The van der Waals surface area contributed by atoms with E-state index in [9.17, 15) is 8.42 Å². The van der Waals surface area contributed by atoms with Gasteiger partial charge in [0.1, 0.15) is 11.4 Å².